The van der Waals surface area contributed by atoms with Gasteiger partial charge in [0.05, 0.1) is 10.9 Å². The van der Waals surface area contributed by atoms with Gasteiger partial charge in [-0.05, 0) is 74.3 Å². The Balaban J connectivity index is 1.70. The average molecular weight is 424 g/mol. The quantitative estimate of drug-likeness (QED) is 0.548. The second-order valence-corrected chi connectivity index (χ2v) is 8.68. The number of halogens is 1. The van der Waals surface area contributed by atoms with Crippen LogP contribution in [0.4, 0.5) is 4.39 Å². The molecule has 0 aliphatic carbocycles. The van der Waals surface area contributed by atoms with Crippen molar-refractivity contribution in [1.82, 2.24) is 14.5 Å². The van der Waals surface area contributed by atoms with Gasteiger partial charge in [-0.1, -0.05) is 20.8 Å². The van der Waals surface area contributed by atoms with E-state index in [4.69, 9.17) is 9.72 Å². The zero-order chi connectivity index (χ0) is 22.0. The highest BCUT2D eigenvalue weighted by molar-refractivity contribution is 5.79. The number of hydrogen-bond donors (Lipinski definition) is 0. The first-order chi connectivity index (χ1) is 14.9. The van der Waals surface area contributed by atoms with Gasteiger partial charge in [0.15, 0.2) is 0 Å². The van der Waals surface area contributed by atoms with E-state index in [0.717, 1.165) is 31.9 Å². The van der Waals surface area contributed by atoms with Crippen LogP contribution in [0.3, 0.4) is 0 Å². The van der Waals surface area contributed by atoms with Crippen molar-refractivity contribution >= 4 is 10.9 Å². The number of hydrogen-bond acceptors (Lipinski definition) is 4. The van der Waals surface area contributed by atoms with Crippen molar-refractivity contribution in [1.29, 1.82) is 0 Å². The Bertz CT molecular complexity index is 1110. The average Bonchev–Trinajstić information content (AvgIpc) is 2.77. The molecular formula is C25H30FN3O2. The summed E-state index contributed by atoms with van der Waals surface area (Å²) in [4.78, 5) is 20.8. The molecule has 1 saturated heterocycles. The Kier molecular flexibility index (Phi) is 6.37. The molecule has 164 valence electrons. The molecule has 31 heavy (non-hydrogen) atoms. The largest absolute Gasteiger partial charge is 0.457 e. The molecule has 1 aromatic heterocycles. The van der Waals surface area contributed by atoms with Gasteiger partial charge in [-0.25, -0.2) is 9.37 Å². The third kappa shape index (κ3) is 4.79. The van der Waals surface area contributed by atoms with Gasteiger partial charge in [-0.3, -0.25) is 9.36 Å². The number of ether oxygens (including phenoxy) is 1. The number of fused-ring (bicyclic) bond motifs is 1. The molecule has 3 aromatic rings. The lowest BCUT2D eigenvalue weighted by atomic mass is 9.97. The molecule has 0 bridgehead atoms. The van der Waals surface area contributed by atoms with Crippen LogP contribution in [-0.4, -0.2) is 34.1 Å². The molecule has 4 rings (SSSR count). The summed E-state index contributed by atoms with van der Waals surface area (Å²) in [5, 5.41) is 0.548. The third-order valence-corrected chi connectivity index (χ3v) is 6.01. The Morgan fingerprint density at radius 3 is 2.61 bits per heavy atom. The van der Waals surface area contributed by atoms with Gasteiger partial charge in [0.25, 0.3) is 5.56 Å². The van der Waals surface area contributed by atoms with Crippen molar-refractivity contribution in [2.24, 2.45) is 5.92 Å². The number of nitrogens with zero attached hydrogens (tertiary/aromatic N) is 3. The van der Waals surface area contributed by atoms with Gasteiger partial charge in [-0.2, -0.15) is 0 Å². The third-order valence-electron chi connectivity index (χ3n) is 6.01. The zero-order valence-corrected chi connectivity index (χ0v) is 18.5. The molecule has 0 radical (unpaired) electrons. The van der Waals surface area contributed by atoms with Gasteiger partial charge < -0.3 is 9.64 Å². The minimum Gasteiger partial charge on any atom is -0.457 e. The molecule has 2 aromatic carbocycles. The highest BCUT2D eigenvalue weighted by Gasteiger charge is 2.22. The lowest BCUT2D eigenvalue weighted by Crippen LogP contribution is -2.39. The van der Waals surface area contributed by atoms with Crippen molar-refractivity contribution in [3.8, 4) is 11.5 Å². The fraction of sp³-hybridized carbons (Fsp3) is 0.440. The molecule has 1 fully saturated rings. The van der Waals surface area contributed by atoms with Crippen LogP contribution in [0.15, 0.2) is 47.3 Å². The van der Waals surface area contributed by atoms with E-state index in [1.165, 1.54) is 18.6 Å². The first-order valence-electron chi connectivity index (χ1n) is 11.1. The summed E-state index contributed by atoms with van der Waals surface area (Å²) in [5.74, 6) is 2.17. The monoisotopic (exact) mass is 423 g/mol. The lowest BCUT2D eigenvalue weighted by Gasteiger charge is -2.32. The molecule has 0 saturated carbocycles. The van der Waals surface area contributed by atoms with Gasteiger partial charge in [0.1, 0.15) is 23.1 Å². The summed E-state index contributed by atoms with van der Waals surface area (Å²) in [6.07, 6.45) is 2.30. The first-order valence-corrected chi connectivity index (χ1v) is 11.1. The normalized spacial score (nSPS) is 17.4. The molecule has 6 heteroatoms. The molecule has 0 N–H and O–H groups in total. The molecule has 1 aliphatic rings. The summed E-state index contributed by atoms with van der Waals surface area (Å²) in [5.41, 5.74) is 0.655. The number of rotatable bonds is 6. The van der Waals surface area contributed by atoms with Crippen LogP contribution in [0.25, 0.3) is 10.9 Å². The van der Waals surface area contributed by atoms with E-state index in [-0.39, 0.29) is 17.3 Å². The summed E-state index contributed by atoms with van der Waals surface area (Å²) >= 11 is 0. The minimum atomic E-state index is -0.316. The number of piperidine rings is 1. The van der Waals surface area contributed by atoms with Crippen molar-refractivity contribution in [3.05, 3.63) is 64.5 Å². The smallest absolute Gasteiger partial charge is 0.261 e. The fourth-order valence-electron chi connectivity index (χ4n) is 4.38. The van der Waals surface area contributed by atoms with Gasteiger partial charge in [-0.15, -0.1) is 0 Å². The predicted molar refractivity (Wildman–Crippen MR) is 121 cm³/mol. The van der Waals surface area contributed by atoms with Crippen LogP contribution in [0.1, 0.15) is 45.4 Å². The van der Waals surface area contributed by atoms with Gasteiger partial charge in [0.2, 0.25) is 0 Å². The molecule has 0 spiro atoms. The van der Waals surface area contributed by atoms with Crippen LogP contribution >= 0.6 is 0 Å². The van der Waals surface area contributed by atoms with Crippen molar-refractivity contribution in [3.63, 3.8) is 0 Å². The topological polar surface area (TPSA) is 47.4 Å². The number of likely N-dealkylation sites (tertiary alicyclic amines) is 1. The summed E-state index contributed by atoms with van der Waals surface area (Å²) < 4.78 is 20.9. The van der Waals surface area contributed by atoms with Crippen molar-refractivity contribution in [2.75, 3.05) is 19.6 Å². The lowest BCUT2D eigenvalue weighted by molar-refractivity contribution is 0.168. The van der Waals surface area contributed by atoms with Gasteiger partial charge >= 0.3 is 0 Å². The van der Waals surface area contributed by atoms with Crippen LogP contribution < -0.4 is 10.3 Å². The van der Waals surface area contributed by atoms with E-state index in [9.17, 15) is 9.18 Å². The van der Waals surface area contributed by atoms with E-state index in [1.807, 2.05) is 10.6 Å². The van der Waals surface area contributed by atoms with Crippen LogP contribution in [-0.2, 0) is 6.54 Å². The van der Waals surface area contributed by atoms with Crippen LogP contribution in [0.2, 0.25) is 0 Å². The van der Waals surface area contributed by atoms with Crippen LogP contribution in [0, 0.1) is 11.7 Å². The second kappa shape index (κ2) is 9.18. The molecular weight excluding hydrogens is 393 g/mol. The molecule has 0 amide bonds. The van der Waals surface area contributed by atoms with Gasteiger partial charge in [0, 0.05) is 19.0 Å². The maximum absolute atomic E-state index is 13.5. The zero-order valence-electron chi connectivity index (χ0n) is 18.5. The van der Waals surface area contributed by atoms with E-state index in [0.29, 0.717) is 34.9 Å². The Hall–Kier alpha value is -2.73. The Morgan fingerprint density at radius 1 is 1.16 bits per heavy atom. The Morgan fingerprint density at radius 2 is 1.90 bits per heavy atom. The second-order valence-electron chi connectivity index (χ2n) is 8.68. The fourth-order valence-corrected chi connectivity index (χ4v) is 4.38. The first kappa shape index (κ1) is 21.5. The summed E-state index contributed by atoms with van der Waals surface area (Å²) in [7, 11) is 0. The van der Waals surface area contributed by atoms with Crippen LogP contribution in [0.5, 0.6) is 11.5 Å². The summed E-state index contributed by atoms with van der Waals surface area (Å²) in [6, 6.07) is 11.2. The highest BCUT2D eigenvalue weighted by atomic mass is 19.1. The minimum absolute atomic E-state index is 0.0214. The Labute approximate surface area is 182 Å². The number of benzene rings is 2. The van der Waals surface area contributed by atoms with E-state index < -0.39 is 0 Å². The molecule has 1 unspecified atom stereocenters. The van der Waals surface area contributed by atoms with E-state index in [2.05, 4.69) is 25.7 Å². The standard InChI is InChI=1S/C25H30FN3O2/c1-4-28-13-5-6-18(15-28)16-29-24(17(2)3)27-23-12-11-21(14-22(23)25(29)30)31-20-9-7-19(26)8-10-20/h7-12,14,17-18H,4-6,13,15-16H2,1-3H3. The maximum Gasteiger partial charge on any atom is 0.261 e. The molecule has 1 atom stereocenters. The highest BCUT2D eigenvalue weighted by Crippen LogP contribution is 2.26. The molecule has 2 heterocycles. The SMILES string of the molecule is CCN1CCCC(Cn2c(C(C)C)nc3ccc(Oc4ccc(F)cc4)cc3c2=O)C1. The predicted octanol–water partition coefficient (Wildman–Crippen LogP) is 5.18. The van der Waals surface area contributed by atoms with E-state index >= 15 is 0 Å². The summed E-state index contributed by atoms with van der Waals surface area (Å²) in [6.45, 7) is 10.2. The molecule has 1 aliphatic heterocycles. The number of aromatic nitrogens is 2. The molecule has 5 nitrogen and oxygen atoms in total. The maximum atomic E-state index is 13.5. The van der Waals surface area contributed by atoms with Crippen molar-refractivity contribution < 1.29 is 9.13 Å². The van der Waals surface area contributed by atoms with Crippen molar-refractivity contribution in [2.45, 2.75) is 46.1 Å². The van der Waals surface area contributed by atoms with E-state index in [1.54, 1.807) is 24.3 Å².